The third-order valence-corrected chi connectivity index (χ3v) is 6.37. The molecular weight excluding hydrogens is 334 g/mol. The van der Waals surface area contributed by atoms with Crippen LogP contribution in [0, 0.1) is 11.3 Å². The molecule has 0 saturated heterocycles. The van der Waals surface area contributed by atoms with E-state index in [1.165, 1.54) is 31.4 Å². The molecule has 1 saturated carbocycles. The lowest BCUT2D eigenvalue weighted by Crippen LogP contribution is -2.21. The molecule has 0 aliphatic heterocycles. The second kappa shape index (κ2) is 7.07. The summed E-state index contributed by atoms with van der Waals surface area (Å²) in [5.41, 5.74) is 4.35. The number of ketones is 1. The Bertz CT molecular complexity index is 828. The number of aromatic nitrogens is 1. The van der Waals surface area contributed by atoms with E-state index in [1.54, 1.807) is 0 Å². The first-order valence-electron chi connectivity index (χ1n) is 10.5. The fourth-order valence-electron chi connectivity index (χ4n) is 4.05. The fraction of sp³-hybridized carbons (Fsp3) is 0.667. The van der Waals surface area contributed by atoms with Crippen LogP contribution >= 0.6 is 0 Å². The maximum atomic E-state index is 12.6. The van der Waals surface area contributed by atoms with Crippen LogP contribution in [0.5, 0.6) is 0 Å². The zero-order valence-electron chi connectivity index (χ0n) is 18.1. The summed E-state index contributed by atoms with van der Waals surface area (Å²) in [6, 6.07) is 4.11. The van der Waals surface area contributed by atoms with Crippen LogP contribution in [0.1, 0.15) is 108 Å². The molecule has 1 aliphatic carbocycles. The number of furan rings is 1. The summed E-state index contributed by atoms with van der Waals surface area (Å²) in [7, 11) is 0. The van der Waals surface area contributed by atoms with Gasteiger partial charge in [-0.05, 0) is 49.0 Å². The van der Waals surface area contributed by atoms with Gasteiger partial charge < -0.3 is 4.42 Å². The number of nitrogens with zero attached hydrogens (tertiary/aromatic N) is 1. The Morgan fingerprint density at radius 1 is 1.26 bits per heavy atom. The maximum Gasteiger partial charge on any atom is 0.200 e. The first-order valence-corrected chi connectivity index (χ1v) is 10.5. The molecule has 0 radical (unpaired) electrons. The predicted molar refractivity (Wildman–Crippen MR) is 111 cm³/mol. The first kappa shape index (κ1) is 20.1. The predicted octanol–water partition coefficient (Wildman–Crippen LogP) is 7.04. The van der Waals surface area contributed by atoms with Gasteiger partial charge in [0.05, 0.1) is 0 Å². The molecule has 148 valence electrons. The second-order valence-corrected chi connectivity index (χ2v) is 10.3. The average Bonchev–Trinajstić information content (AvgIpc) is 3.02. The van der Waals surface area contributed by atoms with Gasteiger partial charge in [-0.3, -0.25) is 4.79 Å². The molecule has 27 heavy (non-hydrogen) atoms. The molecule has 2 heterocycles. The van der Waals surface area contributed by atoms with E-state index in [9.17, 15) is 4.79 Å². The molecule has 2 aromatic heterocycles. The van der Waals surface area contributed by atoms with Crippen LogP contribution in [0.15, 0.2) is 16.5 Å². The minimum Gasteiger partial charge on any atom is -0.451 e. The molecule has 0 N–H and O–H groups in total. The van der Waals surface area contributed by atoms with Gasteiger partial charge in [-0.1, -0.05) is 48.5 Å². The summed E-state index contributed by atoms with van der Waals surface area (Å²) in [4.78, 5) is 17.6. The van der Waals surface area contributed by atoms with Crippen molar-refractivity contribution in [3.8, 4) is 0 Å². The van der Waals surface area contributed by atoms with Crippen LogP contribution in [0.3, 0.4) is 0 Å². The fourth-order valence-corrected chi connectivity index (χ4v) is 4.05. The lowest BCUT2D eigenvalue weighted by atomic mass is 9.72. The molecule has 0 bridgehead atoms. The van der Waals surface area contributed by atoms with Gasteiger partial charge in [0.15, 0.2) is 11.3 Å². The molecule has 0 spiro atoms. The van der Waals surface area contributed by atoms with Crippen molar-refractivity contribution in [3.63, 3.8) is 0 Å². The van der Waals surface area contributed by atoms with Crippen LogP contribution in [0.2, 0.25) is 0 Å². The van der Waals surface area contributed by atoms with Gasteiger partial charge in [0, 0.05) is 29.2 Å². The van der Waals surface area contributed by atoms with Crippen LogP contribution in [-0.2, 0) is 5.41 Å². The highest BCUT2D eigenvalue weighted by molar-refractivity contribution is 5.98. The zero-order valence-corrected chi connectivity index (χ0v) is 18.1. The van der Waals surface area contributed by atoms with Crippen LogP contribution in [0.25, 0.3) is 11.1 Å². The quantitative estimate of drug-likeness (QED) is 0.543. The number of Topliss-reactive ketones (excluding diaryl/α,β-unsaturated/α-hetero) is 1. The van der Waals surface area contributed by atoms with Crippen molar-refractivity contribution in [1.82, 2.24) is 4.98 Å². The Morgan fingerprint density at radius 3 is 2.44 bits per heavy atom. The van der Waals surface area contributed by atoms with E-state index in [4.69, 9.17) is 9.40 Å². The largest absolute Gasteiger partial charge is 0.451 e. The van der Waals surface area contributed by atoms with Crippen LogP contribution in [-0.4, -0.2) is 10.8 Å². The molecule has 0 aromatic carbocycles. The van der Waals surface area contributed by atoms with Crippen molar-refractivity contribution in [1.29, 1.82) is 0 Å². The standard InChI is InChI=1S/C24H35NO2/c1-8-15(2)21(26)20-14-19-22(27-20)17(23(3,4)5)13-18(25-19)16-9-11-24(6,7)12-10-16/h13-16H,8-12H2,1-7H3/t15-/m1/s1. The Kier molecular flexibility index (Phi) is 5.26. The van der Waals surface area contributed by atoms with Crippen molar-refractivity contribution in [2.75, 3.05) is 0 Å². The lowest BCUT2D eigenvalue weighted by Gasteiger charge is -2.34. The average molecular weight is 370 g/mol. The summed E-state index contributed by atoms with van der Waals surface area (Å²) in [5.74, 6) is 1.02. The smallest absolute Gasteiger partial charge is 0.200 e. The summed E-state index contributed by atoms with van der Waals surface area (Å²) in [6.45, 7) is 15.3. The van der Waals surface area contributed by atoms with Gasteiger partial charge in [0.2, 0.25) is 5.78 Å². The summed E-state index contributed by atoms with van der Waals surface area (Å²) >= 11 is 0. The number of hydrogen-bond acceptors (Lipinski definition) is 3. The first-order chi connectivity index (χ1) is 12.5. The molecule has 0 unspecified atom stereocenters. The van der Waals surface area contributed by atoms with Crippen molar-refractivity contribution in [3.05, 3.63) is 29.2 Å². The van der Waals surface area contributed by atoms with Gasteiger partial charge in [0.1, 0.15) is 5.52 Å². The number of carbonyl (C=O) groups is 1. The third kappa shape index (κ3) is 4.12. The Hall–Kier alpha value is -1.64. The highest BCUT2D eigenvalue weighted by Crippen LogP contribution is 2.43. The van der Waals surface area contributed by atoms with E-state index in [0.717, 1.165) is 23.1 Å². The van der Waals surface area contributed by atoms with Crippen molar-refractivity contribution >= 4 is 16.9 Å². The van der Waals surface area contributed by atoms with Crippen molar-refractivity contribution in [2.24, 2.45) is 11.3 Å². The molecular formula is C24H35NO2. The van der Waals surface area contributed by atoms with Crippen LogP contribution < -0.4 is 0 Å². The van der Waals surface area contributed by atoms with Gasteiger partial charge in [0.25, 0.3) is 0 Å². The molecule has 1 fully saturated rings. The number of hydrogen-bond donors (Lipinski definition) is 0. The molecule has 1 atom stereocenters. The molecule has 3 nitrogen and oxygen atoms in total. The Morgan fingerprint density at radius 2 is 1.89 bits per heavy atom. The van der Waals surface area contributed by atoms with E-state index >= 15 is 0 Å². The minimum absolute atomic E-state index is 0.0244. The number of rotatable bonds is 4. The highest BCUT2D eigenvalue weighted by Gasteiger charge is 2.31. The van der Waals surface area contributed by atoms with Crippen molar-refractivity contribution < 1.29 is 9.21 Å². The van der Waals surface area contributed by atoms with E-state index in [2.05, 4.69) is 40.7 Å². The summed E-state index contributed by atoms with van der Waals surface area (Å²) < 4.78 is 6.07. The van der Waals surface area contributed by atoms with Gasteiger partial charge >= 0.3 is 0 Å². The summed E-state index contributed by atoms with van der Waals surface area (Å²) in [6.07, 6.45) is 5.67. The molecule has 1 aliphatic rings. The van der Waals surface area contributed by atoms with Crippen LogP contribution in [0.4, 0.5) is 0 Å². The lowest BCUT2D eigenvalue weighted by molar-refractivity contribution is 0.0901. The second-order valence-electron chi connectivity index (χ2n) is 10.3. The van der Waals surface area contributed by atoms with E-state index in [0.29, 0.717) is 17.1 Å². The highest BCUT2D eigenvalue weighted by atomic mass is 16.3. The van der Waals surface area contributed by atoms with Gasteiger partial charge in [-0.25, -0.2) is 4.98 Å². The topological polar surface area (TPSA) is 43.1 Å². The minimum atomic E-state index is -0.0571. The van der Waals surface area contributed by atoms with Gasteiger partial charge in [-0.15, -0.1) is 0 Å². The molecule has 2 aromatic rings. The monoisotopic (exact) mass is 369 g/mol. The normalized spacial score (nSPS) is 19.4. The summed E-state index contributed by atoms with van der Waals surface area (Å²) in [5, 5.41) is 0. The van der Waals surface area contributed by atoms with E-state index in [1.807, 2.05) is 19.9 Å². The van der Waals surface area contributed by atoms with Gasteiger partial charge in [-0.2, -0.15) is 0 Å². The molecule has 0 amide bonds. The SMILES string of the molecule is CC[C@@H](C)C(=O)c1cc2nc(C3CCC(C)(C)CC3)cc(C(C)(C)C)c2o1. The van der Waals surface area contributed by atoms with E-state index < -0.39 is 0 Å². The van der Waals surface area contributed by atoms with E-state index in [-0.39, 0.29) is 17.1 Å². The Labute approximate surface area is 163 Å². The Balaban J connectivity index is 2.06. The third-order valence-electron chi connectivity index (χ3n) is 6.37. The zero-order chi connectivity index (χ0) is 20.0. The maximum absolute atomic E-state index is 12.6. The number of fused-ring (bicyclic) bond motifs is 1. The van der Waals surface area contributed by atoms with Crippen molar-refractivity contribution in [2.45, 2.75) is 91.9 Å². The number of carbonyl (C=O) groups excluding carboxylic acids is 1. The molecule has 3 rings (SSSR count). The molecule has 3 heteroatoms. The number of pyridine rings is 1.